The van der Waals surface area contributed by atoms with E-state index in [9.17, 15) is 19.2 Å². The Kier molecular flexibility index (Phi) is 12.2. The first-order chi connectivity index (χ1) is 29.7. The number of aromatic nitrogens is 4. The minimum atomic E-state index is -1.03. The van der Waals surface area contributed by atoms with Crippen molar-refractivity contribution in [3.8, 4) is 33.6 Å². The summed E-state index contributed by atoms with van der Waals surface area (Å²) >= 11 is 0. The van der Waals surface area contributed by atoms with Crippen molar-refractivity contribution < 1.29 is 28.7 Å². The lowest BCUT2D eigenvalue weighted by Crippen LogP contribution is -2.49. The summed E-state index contributed by atoms with van der Waals surface area (Å²) in [6, 6.07) is 34.1. The molecule has 4 atom stereocenters. The van der Waals surface area contributed by atoms with E-state index in [1.165, 1.54) is 7.11 Å². The van der Waals surface area contributed by atoms with Gasteiger partial charge in [0.2, 0.25) is 5.91 Å². The van der Waals surface area contributed by atoms with Crippen LogP contribution in [0.3, 0.4) is 0 Å². The van der Waals surface area contributed by atoms with Gasteiger partial charge in [0.1, 0.15) is 17.7 Å². The van der Waals surface area contributed by atoms with Gasteiger partial charge in [-0.3, -0.25) is 9.59 Å². The standard InChI is InChI=1S/C47H48N8O6/c1-60-47(59)53-36(26-30-10-4-2-5-11-30)44(56)54-24-8-14-39(54)42-49-28-37(51-42)34-20-16-32(17-21-34)33-18-22-35(23-19-33)38-29-50-43(52-38)40-15-9-25-55(40)45(57)41(61-46(48)58)27-31-12-6-3-7-13-31/h2-7,10-13,16-23,28-29,36,39-41H,8-9,14-15,24-27H2,1H3,(H2,48,58)(H,49,51)(H,50,52)(H,53,59)/t36-,39+,40+,41-/m1/s1. The molecule has 312 valence electrons. The highest BCUT2D eigenvalue weighted by Crippen LogP contribution is 2.35. The number of nitrogens with two attached hydrogens (primary N) is 1. The third-order valence-corrected chi connectivity index (χ3v) is 11.5. The Hall–Kier alpha value is -7.22. The maximum absolute atomic E-state index is 13.9. The second kappa shape index (κ2) is 18.4. The van der Waals surface area contributed by atoms with Gasteiger partial charge in [0.05, 0.1) is 43.0 Å². The lowest BCUT2D eigenvalue weighted by Gasteiger charge is -2.28. The number of hydrogen-bond donors (Lipinski definition) is 4. The van der Waals surface area contributed by atoms with Crippen molar-refractivity contribution in [2.24, 2.45) is 5.73 Å². The fraction of sp³-hybridized carbons (Fsp3) is 0.277. The van der Waals surface area contributed by atoms with Crippen molar-refractivity contribution in [1.29, 1.82) is 0 Å². The summed E-state index contributed by atoms with van der Waals surface area (Å²) in [5.74, 6) is 0.913. The molecule has 4 aromatic carbocycles. The average Bonchev–Trinajstić information content (AvgIpc) is 4.14. The van der Waals surface area contributed by atoms with Gasteiger partial charge in [-0.1, -0.05) is 109 Å². The largest absolute Gasteiger partial charge is 0.453 e. The molecule has 2 aliphatic rings. The van der Waals surface area contributed by atoms with E-state index in [2.05, 4.69) is 44.5 Å². The number of amides is 4. The maximum Gasteiger partial charge on any atom is 0.407 e. The summed E-state index contributed by atoms with van der Waals surface area (Å²) in [6.07, 6.45) is 4.59. The van der Waals surface area contributed by atoms with E-state index in [4.69, 9.17) is 20.2 Å². The average molecular weight is 821 g/mol. The highest BCUT2D eigenvalue weighted by molar-refractivity contribution is 5.87. The van der Waals surface area contributed by atoms with Gasteiger partial charge in [-0.2, -0.15) is 0 Å². The summed E-state index contributed by atoms with van der Waals surface area (Å²) in [6.45, 7) is 1.09. The molecular formula is C47H48N8O6. The first-order valence-corrected chi connectivity index (χ1v) is 20.5. The summed E-state index contributed by atoms with van der Waals surface area (Å²) in [5.41, 5.74) is 12.8. The number of primary amides is 1. The van der Waals surface area contributed by atoms with Crippen LogP contribution in [0.4, 0.5) is 9.59 Å². The number of hydrogen-bond acceptors (Lipinski definition) is 8. The van der Waals surface area contributed by atoms with Crippen LogP contribution in [0.5, 0.6) is 0 Å². The van der Waals surface area contributed by atoms with Gasteiger partial charge >= 0.3 is 12.2 Å². The van der Waals surface area contributed by atoms with Crippen molar-refractivity contribution in [3.63, 3.8) is 0 Å². The van der Waals surface area contributed by atoms with Crippen LogP contribution in [0.2, 0.25) is 0 Å². The van der Waals surface area contributed by atoms with Crippen LogP contribution in [0, 0.1) is 0 Å². The molecule has 4 heterocycles. The normalized spacial score (nSPS) is 17.1. The predicted octanol–water partition coefficient (Wildman–Crippen LogP) is 7.13. The highest BCUT2D eigenvalue weighted by Gasteiger charge is 2.38. The number of imidazole rings is 2. The summed E-state index contributed by atoms with van der Waals surface area (Å²) in [5, 5.41) is 2.74. The van der Waals surface area contributed by atoms with E-state index in [1.807, 2.05) is 84.9 Å². The van der Waals surface area contributed by atoms with E-state index < -0.39 is 24.3 Å². The van der Waals surface area contributed by atoms with Crippen molar-refractivity contribution in [2.75, 3.05) is 20.2 Å². The van der Waals surface area contributed by atoms with E-state index in [0.29, 0.717) is 31.2 Å². The zero-order valence-electron chi connectivity index (χ0n) is 33.8. The van der Waals surface area contributed by atoms with Gasteiger partial charge in [0.25, 0.3) is 5.91 Å². The van der Waals surface area contributed by atoms with E-state index in [0.717, 1.165) is 70.5 Å². The third kappa shape index (κ3) is 9.33. The molecule has 0 spiro atoms. The Morgan fingerprint density at radius 3 is 1.61 bits per heavy atom. The van der Waals surface area contributed by atoms with Crippen molar-refractivity contribution in [2.45, 2.75) is 62.8 Å². The number of benzene rings is 4. The molecular weight excluding hydrogens is 773 g/mol. The number of alkyl carbamates (subject to hydrolysis) is 1. The molecule has 8 rings (SSSR count). The minimum absolute atomic E-state index is 0.174. The van der Waals surface area contributed by atoms with Gasteiger partial charge in [-0.05, 0) is 59.1 Å². The smallest absolute Gasteiger partial charge is 0.407 e. The second-order valence-electron chi connectivity index (χ2n) is 15.4. The van der Waals surface area contributed by atoms with Crippen molar-refractivity contribution in [1.82, 2.24) is 35.1 Å². The number of carbonyl (C=O) groups is 4. The number of H-pyrrole nitrogens is 2. The number of nitrogens with one attached hydrogen (secondary N) is 3. The zero-order valence-corrected chi connectivity index (χ0v) is 33.8. The summed E-state index contributed by atoms with van der Waals surface area (Å²) in [4.78, 5) is 71.4. The van der Waals surface area contributed by atoms with Crippen LogP contribution < -0.4 is 11.1 Å². The van der Waals surface area contributed by atoms with E-state index in [-0.39, 0.29) is 30.3 Å². The fourth-order valence-electron chi connectivity index (χ4n) is 8.40. The number of likely N-dealkylation sites (tertiary alicyclic amines) is 2. The summed E-state index contributed by atoms with van der Waals surface area (Å²) < 4.78 is 10.2. The molecule has 0 bridgehead atoms. The molecule has 2 saturated heterocycles. The number of aromatic amines is 2. The quantitative estimate of drug-likeness (QED) is 0.0947. The SMILES string of the molecule is COC(=O)N[C@H](Cc1ccccc1)C(=O)N1CCC[C@H]1c1ncc(-c2ccc(-c3ccc(-c4cnc([C@@H]5CCCN5C(=O)[C@@H](Cc5ccccc5)OC(N)=O)[nH]4)cc3)cc2)[nH]1. The molecule has 0 saturated carbocycles. The number of rotatable bonds is 13. The Morgan fingerprint density at radius 2 is 1.13 bits per heavy atom. The van der Waals surface area contributed by atoms with Gasteiger partial charge in [0.15, 0.2) is 6.10 Å². The van der Waals surface area contributed by atoms with Gasteiger partial charge < -0.3 is 40.3 Å². The number of methoxy groups -OCH3 is 1. The lowest BCUT2D eigenvalue weighted by molar-refractivity contribution is -0.141. The monoisotopic (exact) mass is 820 g/mol. The number of carbonyl (C=O) groups excluding carboxylic acids is 4. The molecule has 0 aliphatic carbocycles. The maximum atomic E-state index is 13.9. The molecule has 4 amide bonds. The van der Waals surface area contributed by atoms with E-state index >= 15 is 0 Å². The number of ether oxygens (including phenoxy) is 2. The van der Waals surface area contributed by atoms with Crippen LogP contribution >= 0.6 is 0 Å². The number of nitrogens with zero attached hydrogens (tertiary/aromatic N) is 4. The fourth-order valence-corrected chi connectivity index (χ4v) is 8.40. The first kappa shape index (κ1) is 40.6. The van der Waals surface area contributed by atoms with Crippen LogP contribution in [-0.4, -0.2) is 86.1 Å². The van der Waals surface area contributed by atoms with Crippen LogP contribution in [0.1, 0.15) is 60.5 Å². The lowest BCUT2D eigenvalue weighted by atomic mass is 10.0. The second-order valence-corrected chi connectivity index (χ2v) is 15.4. The van der Waals surface area contributed by atoms with Gasteiger partial charge in [0, 0.05) is 25.9 Å². The first-order valence-electron chi connectivity index (χ1n) is 20.5. The highest BCUT2D eigenvalue weighted by atomic mass is 16.6. The van der Waals surface area contributed by atoms with Gasteiger partial charge in [-0.25, -0.2) is 19.6 Å². The van der Waals surface area contributed by atoms with E-state index in [1.54, 1.807) is 22.2 Å². The molecule has 2 aliphatic heterocycles. The van der Waals surface area contributed by atoms with Gasteiger partial charge in [-0.15, -0.1) is 0 Å². The molecule has 14 heteroatoms. The topological polar surface area (TPSA) is 189 Å². The Bertz CT molecular complexity index is 2450. The molecule has 6 aromatic rings. The van der Waals surface area contributed by atoms with Crippen LogP contribution in [0.15, 0.2) is 122 Å². The van der Waals surface area contributed by atoms with Crippen molar-refractivity contribution in [3.05, 3.63) is 144 Å². The molecule has 61 heavy (non-hydrogen) atoms. The van der Waals surface area contributed by atoms with Crippen LogP contribution in [-0.2, 0) is 31.9 Å². The zero-order chi connectivity index (χ0) is 42.3. The molecule has 2 aromatic heterocycles. The van der Waals surface area contributed by atoms with Crippen molar-refractivity contribution >= 4 is 24.0 Å². The molecule has 5 N–H and O–H groups in total. The molecule has 2 fully saturated rings. The predicted molar refractivity (Wildman–Crippen MR) is 228 cm³/mol. The molecule has 0 radical (unpaired) electrons. The Morgan fingerprint density at radius 1 is 0.672 bits per heavy atom. The van der Waals surface area contributed by atoms with Crippen LogP contribution in [0.25, 0.3) is 33.6 Å². The Labute approximate surface area is 353 Å². The molecule has 0 unspecified atom stereocenters. The third-order valence-electron chi connectivity index (χ3n) is 11.5. The summed E-state index contributed by atoms with van der Waals surface area (Å²) in [7, 11) is 1.29. The molecule has 14 nitrogen and oxygen atoms in total. The minimum Gasteiger partial charge on any atom is -0.453 e. The Balaban J connectivity index is 0.913.